The molecule has 15 heavy (non-hydrogen) atoms. The second-order valence-corrected chi connectivity index (χ2v) is 3.58. The summed E-state index contributed by atoms with van der Waals surface area (Å²) in [5.74, 6) is -0.573. The molecule has 2 heterocycles. The fourth-order valence-corrected chi connectivity index (χ4v) is 1.84. The van der Waals surface area contributed by atoms with Crippen LogP contribution in [0.4, 0.5) is 4.79 Å². The van der Waals surface area contributed by atoms with E-state index in [1.807, 2.05) is 0 Å². The van der Waals surface area contributed by atoms with Crippen LogP contribution in [0.1, 0.15) is 12.8 Å². The number of carbonyl (C=O) groups is 2. The van der Waals surface area contributed by atoms with Gasteiger partial charge in [-0.05, 0) is 12.8 Å². The van der Waals surface area contributed by atoms with Crippen LogP contribution >= 0.6 is 0 Å². The number of ether oxygens (including phenoxy) is 1. The lowest BCUT2D eigenvalue weighted by atomic mass is 10.00. The predicted octanol–water partition coefficient (Wildman–Crippen LogP) is 0.378. The molecule has 0 aromatic rings. The highest BCUT2D eigenvalue weighted by molar-refractivity contribution is 6.06. The van der Waals surface area contributed by atoms with Crippen molar-refractivity contribution in [1.29, 1.82) is 0 Å². The summed E-state index contributed by atoms with van der Waals surface area (Å²) in [6.45, 7) is 0.915. The molecule has 0 radical (unpaired) electrons. The molecule has 6 nitrogen and oxygen atoms in total. The molecule has 1 saturated heterocycles. The van der Waals surface area contributed by atoms with Gasteiger partial charge in [-0.2, -0.15) is 0 Å². The van der Waals surface area contributed by atoms with Crippen molar-refractivity contribution in [3.05, 3.63) is 0 Å². The van der Waals surface area contributed by atoms with E-state index in [0.717, 1.165) is 6.42 Å². The summed E-state index contributed by atoms with van der Waals surface area (Å²) in [5, 5.41) is 3.68. The Kier molecular flexibility index (Phi) is 2.57. The van der Waals surface area contributed by atoms with E-state index < -0.39 is 6.09 Å². The predicted molar refractivity (Wildman–Crippen MR) is 50.2 cm³/mol. The maximum atomic E-state index is 11.3. The quantitative estimate of drug-likeness (QED) is 0.544. The molecule has 0 saturated carbocycles. The summed E-state index contributed by atoms with van der Waals surface area (Å²) in [7, 11) is 1.34. The van der Waals surface area contributed by atoms with Gasteiger partial charge < -0.3 is 14.5 Å². The minimum absolute atomic E-state index is 0.264. The van der Waals surface area contributed by atoms with Gasteiger partial charge in [-0.15, -0.1) is 0 Å². The Balaban J connectivity index is 2.10. The van der Waals surface area contributed by atoms with Gasteiger partial charge >= 0.3 is 12.1 Å². The highest BCUT2D eigenvalue weighted by Crippen LogP contribution is 2.22. The van der Waals surface area contributed by atoms with E-state index in [1.54, 1.807) is 0 Å². The third-order valence-corrected chi connectivity index (χ3v) is 2.65. The molecular weight excluding hydrogens is 200 g/mol. The molecule has 82 valence electrons. The number of likely N-dealkylation sites (tertiary alicyclic amines) is 1. The number of amides is 1. The summed E-state index contributed by atoms with van der Waals surface area (Å²) in [6.07, 6.45) is 1.05. The van der Waals surface area contributed by atoms with Gasteiger partial charge in [-0.25, -0.2) is 9.59 Å². The van der Waals surface area contributed by atoms with E-state index in [2.05, 4.69) is 14.7 Å². The van der Waals surface area contributed by atoms with E-state index in [-0.39, 0.29) is 11.9 Å². The smallest absolute Gasteiger partial charge is 0.409 e. The van der Waals surface area contributed by atoms with Crippen molar-refractivity contribution in [1.82, 2.24) is 4.90 Å². The van der Waals surface area contributed by atoms with Gasteiger partial charge in [-0.3, -0.25) is 0 Å². The fraction of sp³-hybridized carbons (Fsp3) is 0.667. The third kappa shape index (κ3) is 1.79. The Bertz CT molecular complexity index is 326. The maximum absolute atomic E-state index is 11.3. The second-order valence-electron chi connectivity index (χ2n) is 3.58. The lowest BCUT2D eigenvalue weighted by Crippen LogP contribution is -2.35. The van der Waals surface area contributed by atoms with Crippen molar-refractivity contribution < 1.29 is 19.2 Å². The van der Waals surface area contributed by atoms with Crippen molar-refractivity contribution in [2.75, 3.05) is 20.2 Å². The van der Waals surface area contributed by atoms with Crippen LogP contribution in [0.5, 0.6) is 0 Å². The molecule has 0 N–H and O–H groups in total. The van der Waals surface area contributed by atoms with Gasteiger partial charge in [0.15, 0.2) is 0 Å². The van der Waals surface area contributed by atoms with Crippen molar-refractivity contribution in [2.24, 2.45) is 11.1 Å². The molecule has 1 amide bonds. The first-order valence-electron chi connectivity index (χ1n) is 4.83. The lowest BCUT2D eigenvalue weighted by molar-refractivity contribution is -0.143. The average molecular weight is 212 g/mol. The van der Waals surface area contributed by atoms with Crippen LogP contribution in [-0.2, 0) is 14.4 Å². The van der Waals surface area contributed by atoms with E-state index >= 15 is 0 Å². The SMILES string of the molecule is COC(=O)N1CCCC2C(=O)ON=C2C1. The summed E-state index contributed by atoms with van der Waals surface area (Å²) < 4.78 is 4.63. The Morgan fingerprint density at radius 1 is 1.67 bits per heavy atom. The summed E-state index contributed by atoms with van der Waals surface area (Å²) >= 11 is 0. The maximum Gasteiger partial charge on any atom is 0.409 e. The van der Waals surface area contributed by atoms with Crippen LogP contribution < -0.4 is 0 Å². The summed E-state index contributed by atoms with van der Waals surface area (Å²) in [4.78, 5) is 28.7. The molecule has 0 spiro atoms. The first kappa shape index (κ1) is 9.95. The van der Waals surface area contributed by atoms with Crippen LogP contribution in [0, 0.1) is 5.92 Å². The van der Waals surface area contributed by atoms with Gasteiger partial charge in [-0.1, -0.05) is 5.16 Å². The zero-order valence-electron chi connectivity index (χ0n) is 8.43. The standard InChI is InChI=1S/C9H12N2O4/c1-14-9(13)11-4-2-3-6-7(5-11)10-15-8(6)12/h6H,2-5H2,1H3. The summed E-state index contributed by atoms with van der Waals surface area (Å²) in [6, 6.07) is 0. The molecule has 0 aromatic heterocycles. The second kappa shape index (κ2) is 3.88. The number of rotatable bonds is 0. The van der Waals surface area contributed by atoms with Gasteiger partial charge in [0.25, 0.3) is 0 Å². The molecule has 6 heteroatoms. The highest BCUT2D eigenvalue weighted by Gasteiger charge is 2.36. The minimum atomic E-state index is -0.391. The molecule has 1 unspecified atom stereocenters. The van der Waals surface area contributed by atoms with Crippen molar-refractivity contribution in [3.63, 3.8) is 0 Å². The van der Waals surface area contributed by atoms with E-state index in [0.29, 0.717) is 25.2 Å². The number of carbonyl (C=O) groups excluding carboxylic acids is 2. The fourth-order valence-electron chi connectivity index (χ4n) is 1.84. The topological polar surface area (TPSA) is 68.2 Å². The lowest BCUT2D eigenvalue weighted by Gasteiger charge is -2.17. The molecule has 1 atom stereocenters. The number of oxime groups is 1. The Hall–Kier alpha value is -1.59. The normalized spacial score (nSPS) is 25.1. The molecule has 1 fully saturated rings. The van der Waals surface area contributed by atoms with Gasteiger partial charge in [0, 0.05) is 6.54 Å². The number of methoxy groups -OCH3 is 1. The molecule has 2 aliphatic heterocycles. The van der Waals surface area contributed by atoms with Gasteiger partial charge in [0.1, 0.15) is 5.92 Å². The van der Waals surface area contributed by atoms with Gasteiger partial charge in [0.2, 0.25) is 0 Å². The van der Waals surface area contributed by atoms with Crippen molar-refractivity contribution in [2.45, 2.75) is 12.8 Å². The van der Waals surface area contributed by atoms with Crippen LogP contribution in [0.25, 0.3) is 0 Å². The third-order valence-electron chi connectivity index (χ3n) is 2.65. The monoisotopic (exact) mass is 212 g/mol. The Morgan fingerprint density at radius 3 is 3.20 bits per heavy atom. The van der Waals surface area contributed by atoms with Crippen molar-refractivity contribution >= 4 is 17.8 Å². The molecule has 0 aliphatic carbocycles. The Labute approximate surface area is 86.8 Å². The first-order valence-corrected chi connectivity index (χ1v) is 4.83. The van der Waals surface area contributed by atoms with Crippen molar-refractivity contribution in [3.8, 4) is 0 Å². The van der Waals surface area contributed by atoms with Crippen LogP contribution in [0.3, 0.4) is 0 Å². The van der Waals surface area contributed by atoms with E-state index in [9.17, 15) is 9.59 Å². The largest absolute Gasteiger partial charge is 0.453 e. The van der Waals surface area contributed by atoms with Crippen LogP contribution in [0.15, 0.2) is 5.16 Å². The molecule has 2 aliphatic rings. The highest BCUT2D eigenvalue weighted by atomic mass is 16.7. The molecular formula is C9H12N2O4. The number of hydrogen-bond acceptors (Lipinski definition) is 5. The zero-order valence-corrected chi connectivity index (χ0v) is 8.43. The average Bonchev–Trinajstić information content (AvgIpc) is 2.50. The minimum Gasteiger partial charge on any atom is -0.453 e. The number of nitrogens with zero attached hydrogens (tertiary/aromatic N) is 2. The number of hydrogen-bond donors (Lipinski definition) is 0. The van der Waals surface area contributed by atoms with Gasteiger partial charge in [0.05, 0.1) is 19.4 Å². The summed E-state index contributed by atoms with van der Waals surface area (Å²) in [5.41, 5.74) is 0.628. The first-order chi connectivity index (χ1) is 7.22. The Morgan fingerprint density at radius 2 is 2.47 bits per heavy atom. The molecule has 0 bridgehead atoms. The van der Waals surface area contributed by atoms with Crippen LogP contribution in [0.2, 0.25) is 0 Å². The number of fused-ring (bicyclic) bond motifs is 1. The van der Waals surface area contributed by atoms with Crippen LogP contribution in [-0.4, -0.2) is 42.9 Å². The molecule has 2 rings (SSSR count). The van der Waals surface area contributed by atoms with E-state index in [1.165, 1.54) is 12.0 Å². The zero-order chi connectivity index (χ0) is 10.8. The van der Waals surface area contributed by atoms with E-state index in [4.69, 9.17) is 0 Å². The molecule has 0 aromatic carbocycles.